The Bertz CT molecular complexity index is 233. The molecule has 1 rings (SSSR count). The van der Waals surface area contributed by atoms with Crippen molar-refractivity contribution in [3.05, 3.63) is 18.1 Å². The van der Waals surface area contributed by atoms with E-state index in [4.69, 9.17) is 0 Å². The fourth-order valence-electron chi connectivity index (χ4n) is 0.982. The Kier molecular flexibility index (Phi) is 2.41. The molecular formula is C8H13N3. The molecule has 0 saturated carbocycles. The molecule has 3 heteroatoms. The normalized spacial score (nSPS) is 9.73. The molecule has 0 unspecified atom stereocenters. The van der Waals surface area contributed by atoms with Gasteiger partial charge in [0.25, 0.3) is 0 Å². The Labute approximate surface area is 67.1 Å². The van der Waals surface area contributed by atoms with Crippen LogP contribution in [0.2, 0.25) is 0 Å². The average molecular weight is 151 g/mol. The molecule has 0 aliphatic heterocycles. The van der Waals surface area contributed by atoms with E-state index in [1.807, 2.05) is 19.0 Å². The Balaban J connectivity index is 3.02. The lowest BCUT2D eigenvalue weighted by molar-refractivity contribution is 0.947. The predicted octanol–water partition coefficient (Wildman–Crippen LogP) is 1.10. The van der Waals surface area contributed by atoms with Crippen LogP contribution in [0.25, 0.3) is 0 Å². The Morgan fingerprint density at radius 3 is 2.36 bits per heavy atom. The first-order valence-corrected chi connectivity index (χ1v) is 3.73. The average Bonchev–Trinajstić information content (AvgIpc) is 2.04. The minimum absolute atomic E-state index is 0.932. The fourth-order valence-corrected chi connectivity index (χ4v) is 0.982. The Morgan fingerprint density at radius 2 is 1.91 bits per heavy atom. The van der Waals surface area contributed by atoms with Crippen LogP contribution < -0.4 is 4.90 Å². The quantitative estimate of drug-likeness (QED) is 0.634. The molecule has 1 heterocycles. The summed E-state index contributed by atoms with van der Waals surface area (Å²) in [5.41, 5.74) is 1.05. The number of aromatic nitrogens is 2. The van der Waals surface area contributed by atoms with Crippen molar-refractivity contribution in [2.45, 2.75) is 13.3 Å². The summed E-state index contributed by atoms with van der Waals surface area (Å²) in [6, 6.07) is 0. The van der Waals surface area contributed by atoms with Crippen molar-refractivity contribution in [2.75, 3.05) is 19.0 Å². The van der Waals surface area contributed by atoms with Gasteiger partial charge in [0.15, 0.2) is 0 Å². The molecule has 0 saturated heterocycles. The Morgan fingerprint density at radius 1 is 1.27 bits per heavy atom. The van der Waals surface area contributed by atoms with E-state index in [-0.39, 0.29) is 0 Å². The van der Waals surface area contributed by atoms with Crippen LogP contribution in [0.5, 0.6) is 0 Å². The zero-order valence-corrected chi connectivity index (χ0v) is 7.20. The monoisotopic (exact) mass is 151 g/mol. The zero-order chi connectivity index (χ0) is 8.27. The number of aryl methyl sites for hydroxylation is 1. The minimum Gasteiger partial charge on any atom is -0.361 e. The highest BCUT2D eigenvalue weighted by Crippen LogP contribution is 2.10. The van der Waals surface area contributed by atoms with Crippen LogP contribution in [0, 0.1) is 0 Å². The van der Waals surface area contributed by atoms with Gasteiger partial charge in [-0.05, 0) is 6.42 Å². The highest BCUT2D eigenvalue weighted by Gasteiger charge is 2.02. The standard InChI is InChI=1S/C8H13N3/c1-4-7-8(11(2)3)10-6-5-9-7/h5-6H,4H2,1-3H3. The van der Waals surface area contributed by atoms with Gasteiger partial charge in [-0.2, -0.15) is 0 Å². The van der Waals surface area contributed by atoms with Crippen LogP contribution >= 0.6 is 0 Å². The molecule has 0 bridgehead atoms. The molecule has 1 aromatic heterocycles. The minimum atomic E-state index is 0.932. The smallest absolute Gasteiger partial charge is 0.149 e. The number of rotatable bonds is 2. The lowest BCUT2D eigenvalue weighted by Gasteiger charge is -2.13. The molecule has 3 nitrogen and oxygen atoms in total. The van der Waals surface area contributed by atoms with Gasteiger partial charge < -0.3 is 4.90 Å². The maximum atomic E-state index is 4.21. The lowest BCUT2D eigenvalue weighted by atomic mass is 10.3. The molecule has 0 N–H and O–H groups in total. The lowest BCUT2D eigenvalue weighted by Crippen LogP contribution is -2.13. The van der Waals surface area contributed by atoms with Crippen molar-refractivity contribution in [3.8, 4) is 0 Å². The van der Waals surface area contributed by atoms with E-state index in [0.717, 1.165) is 17.9 Å². The van der Waals surface area contributed by atoms with Crippen LogP contribution in [0.15, 0.2) is 12.4 Å². The number of hydrogen-bond donors (Lipinski definition) is 0. The summed E-state index contributed by atoms with van der Waals surface area (Å²) in [5.74, 6) is 0.968. The van der Waals surface area contributed by atoms with E-state index in [0.29, 0.717) is 0 Å². The van der Waals surface area contributed by atoms with E-state index in [2.05, 4.69) is 16.9 Å². The third-order valence-electron chi connectivity index (χ3n) is 1.51. The van der Waals surface area contributed by atoms with Gasteiger partial charge in [-0.1, -0.05) is 6.92 Å². The largest absolute Gasteiger partial charge is 0.361 e. The summed E-state index contributed by atoms with van der Waals surface area (Å²) in [6.07, 6.45) is 4.38. The molecule has 11 heavy (non-hydrogen) atoms. The van der Waals surface area contributed by atoms with Crippen molar-refractivity contribution < 1.29 is 0 Å². The molecule has 0 aliphatic carbocycles. The summed E-state index contributed by atoms with van der Waals surface area (Å²) in [5, 5.41) is 0. The maximum absolute atomic E-state index is 4.21. The second-order valence-electron chi connectivity index (χ2n) is 2.57. The van der Waals surface area contributed by atoms with Crippen molar-refractivity contribution in [2.24, 2.45) is 0 Å². The Hall–Kier alpha value is -1.12. The summed E-state index contributed by atoms with van der Waals surface area (Å²) >= 11 is 0. The topological polar surface area (TPSA) is 29.0 Å². The van der Waals surface area contributed by atoms with Gasteiger partial charge >= 0.3 is 0 Å². The first-order valence-electron chi connectivity index (χ1n) is 3.73. The van der Waals surface area contributed by atoms with Crippen molar-refractivity contribution in [1.29, 1.82) is 0 Å². The highest BCUT2D eigenvalue weighted by atomic mass is 15.1. The molecule has 0 aromatic carbocycles. The van der Waals surface area contributed by atoms with E-state index < -0.39 is 0 Å². The zero-order valence-electron chi connectivity index (χ0n) is 7.20. The summed E-state index contributed by atoms with van der Waals surface area (Å²) in [6.45, 7) is 2.08. The van der Waals surface area contributed by atoms with E-state index in [1.54, 1.807) is 12.4 Å². The third-order valence-corrected chi connectivity index (χ3v) is 1.51. The molecule has 1 aromatic rings. The molecule has 0 amide bonds. The molecule has 0 atom stereocenters. The fraction of sp³-hybridized carbons (Fsp3) is 0.500. The van der Waals surface area contributed by atoms with Crippen molar-refractivity contribution >= 4 is 5.82 Å². The van der Waals surface area contributed by atoms with E-state index >= 15 is 0 Å². The second kappa shape index (κ2) is 3.32. The molecule has 0 radical (unpaired) electrons. The van der Waals surface area contributed by atoms with Gasteiger partial charge in [0.2, 0.25) is 0 Å². The summed E-state index contributed by atoms with van der Waals surface area (Å²) in [7, 11) is 3.95. The first kappa shape index (κ1) is 7.98. The SMILES string of the molecule is CCc1nccnc1N(C)C. The second-order valence-corrected chi connectivity index (χ2v) is 2.57. The molecular weight excluding hydrogens is 138 g/mol. The van der Waals surface area contributed by atoms with Crippen LogP contribution in [-0.2, 0) is 6.42 Å². The van der Waals surface area contributed by atoms with Gasteiger partial charge in [0.05, 0.1) is 5.69 Å². The summed E-state index contributed by atoms with van der Waals surface area (Å²) < 4.78 is 0. The predicted molar refractivity (Wildman–Crippen MR) is 45.7 cm³/mol. The third kappa shape index (κ3) is 1.67. The molecule has 60 valence electrons. The van der Waals surface area contributed by atoms with Crippen LogP contribution in [0.4, 0.5) is 5.82 Å². The van der Waals surface area contributed by atoms with Crippen molar-refractivity contribution in [1.82, 2.24) is 9.97 Å². The number of hydrogen-bond acceptors (Lipinski definition) is 3. The molecule has 0 spiro atoms. The summed E-state index contributed by atoms with van der Waals surface area (Å²) in [4.78, 5) is 10.4. The molecule has 0 aliphatic rings. The first-order chi connectivity index (χ1) is 5.25. The van der Waals surface area contributed by atoms with Gasteiger partial charge in [0, 0.05) is 26.5 Å². The van der Waals surface area contributed by atoms with Crippen LogP contribution in [-0.4, -0.2) is 24.1 Å². The van der Waals surface area contributed by atoms with Gasteiger partial charge in [-0.3, -0.25) is 4.98 Å². The van der Waals surface area contributed by atoms with Crippen LogP contribution in [0.1, 0.15) is 12.6 Å². The van der Waals surface area contributed by atoms with Gasteiger partial charge in [0.1, 0.15) is 5.82 Å². The van der Waals surface area contributed by atoms with E-state index in [1.165, 1.54) is 0 Å². The maximum Gasteiger partial charge on any atom is 0.149 e. The highest BCUT2D eigenvalue weighted by molar-refractivity contribution is 5.40. The van der Waals surface area contributed by atoms with Crippen LogP contribution in [0.3, 0.4) is 0 Å². The van der Waals surface area contributed by atoms with E-state index in [9.17, 15) is 0 Å². The molecule has 0 fully saturated rings. The number of nitrogens with zero attached hydrogens (tertiary/aromatic N) is 3. The van der Waals surface area contributed by atoms with Gasteiger partial charge in [-0.25, -0.2) is 4.98 Å². The van der Waals surface area contributed by atoms with Crippen molar-refractivity contribution in [3.63, 3.8) is 0 Å². The number of anilines is 1. The van der Waals surface area contributed by atoms with Gasteiger partial charge in [-0.15, -0.1) is 0 Å².